The van der Waals surface area contributed by atoms with Crippen LogP contribution in [0, 0.1) is 0 Å². The Morgan fingerprint density at radius 2 is 1.41 bits per heavy atom. The average Bonchev–Trinajstić information content (AvgIpc) is 2.39. The minimum Gasteiger partial charge on any atom is -0.399 e. The highest BCUT2D eigenvalue weighted by molar-refractivity contribution is 5.42. The summed E-state index contributed by atoms with van der Waals surface area (Å²) in [5.41, 5.74) is 9.38. The maximum Gasteiger partial charge on any atom is 0.104 e. The lowest BCUT2D eigenvalue weighted by molar-refractivity contribution is 0.220. The van der Waals surface area contributed by atoms with Gasteiger partial charge >= 0.3 is 0 Å². The second kappa shape index (κ2) is 5.02. The molecule has 2 heteroatoms. The number of aliphatic hydroxyl groups excluding tert-OH is 1. The number of nitrogen functional groups attached to an aromatic ring is 1. The first-order valence-corrected chi connectivity index (χ1v) is 5.83. The number of anilines is 1. The van der Waals surface area contributed by atoms with Gasteiger partial charge in [-0.15, -0.1) is 0 Å². The quantitative estimate of drug-likeness (QED) is 0.792. The van der Waals surface area contributed by atoms with E-state index in [0.717, 1.165) is 17.5 Å². The van der Waals surface area contributed by atoms with Gasteiger partial charge in [0.05, 0.1) is 0 Å². The molecule has 0 bridgehead atoms. The minimum absolute atomic E-state index is 0.582. The maximum absolute atomic E-state index is 10.2. The van der Waals surface area contributed by atoms with Crippen molar-refractivity contribution in [2.45, 2.75) is 19.4 Å². The molecule has 0 aliphatic carbocycles. The molecule has 1 atom stereocenters. The third-order valence-corrected chi connectivity index (χ3v) is 2.96. The van der Waals surface area contributed by atoms with Gasteiger partial charge in [0.15, 0.2) is 0 Å². The zero-order valence-corrected chi connectivity index (χ0v) is 9.93. The molecule has 3 N–H and O–H groups in total. The molecule has 0 heterocycles. The lowest BCUT2D eigenvalue weighted by Gasteiger charge is -2.12. The molecule has 2 nitrogen and oxygen atoms in total. The number of hydrogen-bond acceptors (Lipinski definition) is 2. The van der Waals surface area contributed by atoms with Gasteiger partial charge in [0.2, 0.25) is 0 Å². The van der Waals surface area contributed by atoms with Crippen molar-refractivity contribution in [3.63, 3.8) is 0 Å². The number of aliphatic hydroxyl groups is 1. The predicted octanol–water partition coefficient (Wildman–Crippen LogP) is 2.91. The molecule has 0 amide bonds. The third kappa shape index (κ3) is 2.66. The van der Waals surface area contributed by atoms with Gasteiger partial charge in [0, 0.05) is 5.69 Å². The maximum atomic E-state index is 10.2. The van der Waals surface area contributed by atoms with Crippen LogP contribution in [0.15, 0.2) is 48.5 Å². The second-order valence-electron chi connectivity index (χ2n) is 4.16. The molecule has 0 radical (unpaired) electrons. The van der Waals surface area contributed by atoms with Gasteiger partial charge < -0.3 is 10.8 Å². The first-order valence-electron chi connectivity index (χ1n) is 5.83. The van der Waals surface area contributed by atoms with Crippen LogP contribution in [0.5, 0.6) is 0 Å². The standard InChI is InChI=1S/C15H17NO/c1-2-11-3-5-12(6-4-11)15(17)13-7-9-14(16)10-8-13/h3-10,15,17H,2,16H2,1H3/t15-/m0/s1. The molecule has 0 saturated heterocycles. The SMILES string of the molecule is CCc1ccc([C@H](O)c2ccc(N)cc2)cc1. The summed E-state index contributed by atoms with van der Waals surface area (Å²) in [4.78, 5) is 0. The van der Waals surface area contributed by atoms with E-state index in [-0.39, 0.29) is 0 Å². The highest BCUT2D eigenvalue weighted by atomic mass is 16.3. The molecule has 2 aromatic carbocycles. The summed E-state index contributed by atoms with van der Waals surface area (Å²) in [5, 5.41) is 10.2. The number of hydrogen-bond donors (Lipinski definition) is 2. The van der Waals surface area contributed by atoms with E-state index in [1.165, 1.54) is 5.56 Å². The summed E-state index contributed by atoms with van der Waals surface area (Å²) in [7, 11) is 0. The van der Waals surface area contributed by atoms with E-state index >= 15 is 0 Å². The van der Waals surface area contributed by atoms with Crippen LogP contribution in [-0.2, 0) is 6.42 Å². The largest absolute Gasteiger partial charge is 0.399 e. The highest BCUT2D eigenvalue weighted by Crippen LogP contribution is 2.23. The Bertz CT molecular complexity index is 473. The van der Waals surface area contributed by atoms with E-state index < -0.39 is 6.10 Å². The van der Waals surface area contributed by atoms with Crippen molar-refractivity contribution in [1.82, 2.24) is 0 Å². The molecule has 0 aliphatic rings. The molecule has 2 rings (SSSR count). The number of nitrogens with two attached hydrogens (primary N) is 1. The van der Waals surface area contributed by atoms with E-state index in [2.05, 4.69) is 19.1 Å². The van der Waals surface area contributed by atoms with Gasteiger partial charge in [-0.05, 0) is 35.2 Å². The molecule has 0 aliphatic heterocycles. The van der Waals surface area contributed by atoms with Crippen LogP contribution in [0.2, 0.25) is 0 Å². The fraction of sp³-hybridized carbons (Fsp3) is 0.200. The van der Waals surface area contributed by atoms with Crippen LogP contribution in [0.1, 0.15) is 29.7 Å². The highest BCUT2D eigenvalue weighted by Gasteiger charge is 2.09. The van der Waals surface area contributed by atoms with Crippen molar-refractivity contribution in [2.24, 2.45) is 0 Å². The average molecular weight is 227 g/mol. The summed E-state index contributed by atoms with van der Waals surface area (Å²) in [6.45, 7) is 2.12. The minimum atomic E-state index is -0.582. The van der Waals surface area contributed by atoms with E-state index in [1.807, 2.05) is 24.3 Å². The molecule has 0 unspecified atom stereocenters. The molecule has 0 fully saturated rings. The summed E-state index contributed by atoms with van der Waals surface area (Å²) in [5.74, 6) is 0. The summed E-state index contributed by atoms with van der Waals surface area (Å²) < 4.78 is 0. The zero-order valence-electron chi connectivity index (χ0n) is 9.93. The summed E-state index contributed by atoms with van der Waals surface area (Å²) >= 11 is 0. The number of aryl methyl sites for hydroxylation is 1. The van der Waals surface area contributed by atoms with Crippen LogP contribution >= 0.6 is 0 Å². The Morgan fingerprint density at radius 3 is 1.88 bits per heavy atom. The molecule has 0 aromatic heterocycles. The molecular formula is C15H17NO. The van der Waals surface area contributed by atoms with Gasteiger partial charge in [-0.3, -0.25) is 0 Å². The lowest BCUT2D eigenvalue weighted by Crippen LogP contribution is -2.00. The molecule has 2 aromatic rings. The van der Waals surface area contributed by atoms with Crippen molar-refractivity contribution in [3.8, 4) is 0 Å². The lowest BCUT2D eigenvalue weighted by atomic mass is 10.00. The fourth-order valence-corrected chi connectivity index (χ4v) is 1.81. The molecule has 17 heavy (non-hydrogen) atoms. The zero-order chi connectivity index (χ0) is 12.3. The topological polar surface area (TPSA) is 46.2 Å². The molecular weight excluding hydrogens is 210 g/mol. The van der Waals surface area contributed by atoms with E-state index in [4.69, 9.17) is 5.73 Å². The smallest absolute Gasteiger partial charge is 0.104 e. The Kier molecular flexibility index (Phi) is 3.45. The van der Waals surface area contributed by atoms with Crippen molar-refractivity contribution in [2.75, 3.05) is 5.73 Å². The van der Waals surface area contributed by atoms with Crippen LogP contribution in [0.25, 0.3) is 0 Å². The van der Waals surface area contributed by atoms with Crippen LogP contribution in [-0.4, -0.2) is 5.11 Å². The fourth-order valence-electron chi connectivity index (χ4n) is 1.81. The normalized spacial score (nSPS) is 12.4. The third-order valence-electron chi connectivity index (χ3n) is 2.96. The Labute approximate surface area is 102 Å². The first-order chi connectivity index (χ1) is 8.20. The van der Waals surface area contributed by atoms with E-state index in [9.17, 15) is 5.11 Å². The molecule has 0 spiro atoms. The number of benzene rings is 2. The van der Waals surface area contributed by atoms with Crippen LogP contribution in [0.4, 0.5) is 5.69 Å². The van der Waals surface area contributed by atoms with Gasteiger partial charge in [-0.2, -0.15) is 0 Å². The van der Waals surface area contributed by atoms with Gasteiger partial charge in [0.1, 0.15) is 6.10 Å². The van der Waals surface area contributed by atoms with Crippen molar-refractivity contribution in [3.05, 3.63) is 65.2 Å². The molecule has 88 valence electrons. The van der Waals surface area contributed by atoms with Crippen LogP contribution < -0.4 is 5.73 Å². The Hall–Kier alpha value is -1.80. The van der Waals surface area contributed by atoms with Gasteiger partial charge in [-0.1, -0.05) is 43.3 Å². The van der Waals surface area contributed by atoms with Crippen molar-refractivity contribution in [1.29, 1.82) is 0 Å². The second-order valence-corrected chi connectivity index (χ2v) is 4.16. The van der Waals surface area contributed by atoms with Crippen molar-refractivity contribution < 1.29 is 5.11 Å². The first kappa shape index (κ1) is 11.7. The Balaban J connectivity index is 2.23. The molecule has 0 saturated carbocycles. The van der Waals surface area contributed by atoms with E-state index in [1.54, 1.807) is 12.1 Å². The number of rotatable bonds is 3. The monoisotopic (exact) mass is 227 g/mol. The Morgan fingerprint density at radius 1 is 0.941 bits per heavy atom. The summed E-state index contributed by atoms with van der Waals surface area (Å²) in [6.07, 6.45) is 0.430. The van der Waals surface area contributed by atoms with Crippen molar-refractivity contribution >= 4 is 5.69 Å². The predicted molar refractivity (Wildman–Crippen MR) is 70.7 cm³/mol. The summed E-state index contributed by atoms with van der Waals surface area (Å²) in [6, 6.07) is 15.4. The van der Waals surface area contributed by atoms with Gasteiger partial charge in [-0.25, -0.2) is 0 Å². The van der Waals surface area contributed by atoms with Gasteiger partial charge in [0.25, 0.3) is 0 Å². The van der Waals surface area contributed by atoms with E-state index in [0.29, 0.717) is 5.69 Å². The van der Waals surface area contributed by atoms with Crippen LogP contribution in [0.3, 0.4) is 0 Å².